The van der Waals surface area contributed by atoms with Gasteiger partial charge in [0.25, 0.3) is 0 Å². The predicted molar refractivity (Wildman–Crippen MR) is 88.6 cm³/mol. The number of hydrogen-bond acceptors (Lipinski definition) is 2. The van der Waals surface area contributed by atoms with Crippen LogP contribution in [0.25, 0.3) is 0 Å². The lowest BCUT2D eigenvalue weighted by Gasteiger charge is -2.27. The van der Waals surface area contributed by atoms with Gasteiger partial charge in [-0.25, -0.2) is 4.39 Å². The molecule has 0 bridgehead atoms. The fourth-order valence-electron chi connectivity index (χ4n) is 3.65. The third kappa shape index (κ3) is 3.57. The number of ether oxygens (including phenoxy) is 1. The molecular weight excluding hydrogens is 317 g/mol. The Kier molecular flexibility index (Phi) is 5.01. The predicted octanol–water partition coefficient (Wildman–Crippen LogP) is 4.43. The Hall–Kier alpha value is -1.02. The summed E-state index contributed by atoms with van der Waals surface area (Å²) in [7, 11) is 2.73. The summed E-state index contributed by atoms with van der Waals surface area (Å²) in [5, 5.41) is 0. The lowest BCUT2D eigenvalue weighted by atomic mass is 9.83. The van der Waals surface area contributed by atoms with Crippen molar-refractivity contribution in [2.24, 2.45) is 11.8 Å². The molecule has 1 aromatic rings. The number of halogens is 2. The molecule has 0 radical (unpaired) electrons. The highest BCUT2D eigenvalue weighted by atomic mass is 31.0. The molecule has 0 spiro atoms. The minimum absolute atomic E-state index is 0.166. The molecule has 1 saturated carbocycles. The summed E-state index contributed by atoms with van der Waals surface area (Å²) < 4.78 is 33.5. The summed E-state index contributed by atoms with van der Waals surface area (Å²) >= 11 is 0. The molecule has 0 N–H and O–H groups in total. The minimum atomic E-state index is -1.02. The number of hydrogen-bond donors (Lipinski definition) is 0. The van der Waals surface area contributed by atoms with Gasteiger partial charge >= 0.3 is 5.97 Å². The Balaban J connectivity index is 1.83. The van der Waals surface area contributed by atoms with E-state index in [4.69, 9.17) is 4.74 Å². The van der Waals surface area contributed by atoms with Crippen molar-refractivity contribution in [2.45, 2.75) is 57.5 Å². The van der Waals surface area contributed by atoms with Crippen molar-refractivity contribution in [1.29, 1.82) is 0 Å². The molecule has 2 atom stereocenters. The number of benzene rings is 1. The second-order valence-electron chi connectivity index (χ2n) is 7.02. The molecule has 23 heavy (non-hydrogen) atoms. The van der Waals surface area contributed by atoms with Gasteiger partial charge in [0, 0.05) is 5.56 Å². The number of esters is 1. The molecule has 1 fully saturated rings. The minimum Gasteiger partial charge on any atom is -0.423 e. The van der Waals surface area contributed by atoms with Crippen LogP contribution in [0.2, 0.25) is 0 Å². The summed E-state index contributed by atoms with van der Waals surface area (Å²) in [6, 6.07) is 1.25. The molecule has 2 nitrogen and oxygen atoms in total. The molecular formula is C18H23F2O2P. The van der Waals surface area contributed by atoms with Gasteiger partial charge in [-0.1, -0.05) is 6.92 Å². The van der Waals surface area contributed by atoms with Gasteiger partial charge in [0.15, 0.2) is 11.6 Å². The fraction of sp³-hybridized carbons (Fsp3) is 0.611. The standard InChI is InChI=1S/C18H23F2O2P/c1-10-2-4-11(5-3-10)18(21)22-17-14-7-6-13(23)8-12(14)9-15(19)16(17)20/h9-11,13H,2-8,23H2,1H3. The topological polar surface area (TPSA) is 26.3 Å². The molecule has 0 heterocycles. The molecule has 5 heteroatoms. The van der Waals surface area contributed by atoms with Crippen LogP contribution in [0.4, 0.5) is 8.78 Å². The largest absolute Gasteiger partial charge is 0.423 e. The van der Waals surface area contributed by atoms with E-state index in [1.807, 2.05) is 0 Å². The normalized spacial score (nSPS) is 27.4. The maximum absolute atomic E-state index is 14.2. The third-order valence-electron chi connectivity index (χ3n) is 5.17. The molecule has 3 rings (SSSR count). The van der Waals surface area contributed by atoms with Crippen LogP contribution in [0.1, 0.15) is 50.2 Å². The first kappa shape index (κ1) is 16.8. The van der Waals surface area contributed by atoms with Crippen LogP contribution in [0.3, 0.4) is 0 Å². The maximum atomic E-state index is 14.2. The smallest absolute Gasteiger partial charge is 0.314 e. The van der Waals surface area contributed by atoms with Gasteiger partial charge in [0.1, 0.15) is 0 Å². The van der Waals surface area contributed by atoms with Crippen LogP contribution < -0.4 is 4.74 Å². The lowest BCUT2D eigenvalue weighted by molar-refractivity contribution is -0.140. The van der Waals surface area contributed by atoms with Gasteiger partial charge in [-0.05, 0) is 68.2 Å². The fourth-order valence-corrected chi connectivity index (χ4v) is 4.07. The number of rotatable bonds is 2. The second kappa shape index (κ2) is 6.84. The molecule has 2 unspecified atom stereocenters. The van der Waals surface area contributed by atoms with Crippen molar-refractivity contribution in [3.63, 3.8) is 0 Å². The van der Waals surface area contributed by atoms with Crippen LogP contribution in [-0.4, -0.2) is 11.6 Å². The summed E-state index contributed by atoms with van der Waals surface area (Å²) in [5.41, 5.74) is 1.78. The van der Waals surface area contributed by atoms with Crippen molar-refractivity contribution in [1.82, 2.24) is 0 Å². The van der Waals surface area contributed by atoms with Crippen LogP contribution in [0.15, 0.2) is 6.07 Å². The first-order valence-corrected chi connectivity index (χ1v) is 9.09. The van der Waals surface area contributed by atoms with Crippen molar-refractivity contribution in [3.8, 4) is 5.75 Å². The Bertz CT molecular complexity index is 610. The summed E-state index contributed by atoms with van der Waals surface area (Å²) in [4.78, 5) is 12.4. The van der Waals surface area contributed by atoms with Gasteiger partial charge in [-0.15, -0.1) is 9.24 Å². The van der Waals surface area contributed by atoms with Crippen molar-refractivity contribution in [3.05, 3.63) is 28.8 Å². The number of carbonyl (C=O) groups is 1. The molecule has 0 aliphatic heterocycles. The van der Waals surface area contributed by atoms with Crippen LogP contribution in [-0.2, 0) is 17.6 Å². The number of fused-ring (bicyclic) bond motifs is 1. The Morgan fingerprint density at radius 2 is 1.91 bits per heavy atom. The van der Waals surface area contributed by atoms with E-state index >= 15 is 0 Å². The second-order valence-corrected chi connectivity index (χ2v) is 7.96. The van der Waals surface area contributed by atoms with Crippen molar-refractivity contribution >= 4 is 15.2 Å². The van der Waals surface area contributed by atoms with E-state index < -0.39 is 17.6 Å². The van der Waals surface area contributed by atoms with E-state index in [-0.39, 0.29) is 11.7 Å². The van der Waals surface area contributed by atoms with Gasteiger partial charge < -0.3 is 4.74 Å². The molecule has 2 aliphatic rings. The Labute approximate surface area is 138 Å². The zero-order chi connectivity index (χ0) is 16.6. The average molecular weight is 340 g/mol. The molecule has 126 valence electrons. The van der Waals surface area contributed by atoms with Crippen LogP contribution >= 0.6 is 9.24 Å². The summed E-state index contributed by atoms with van der Waals surface area (Å²) in [5.74, 6) is -2.09. The Morgan fingerprint density at radius 1 is 1.22 bits per heavy atom. The van der Waals surface area contributed by atoms with E-state index in [1.165, 1.54) is 6.07 Å². The van der Waals surface area contributed by atoms with Gasteiger partial charge in [-0.2, -0.15) is 4.39 Å². The summed E-state index contributed by atoms with van der Waals surface area (Å²) in [6.45, 7) is 2.17. The number of carbonyl (C=O) groups excluding carboxylic acids is 1. The molecule has 0 saturated heterocycles. The van der Waals surface area contributed by atoms with E-state index in [0.29, 0.717) is 30.0 Å². The molecule has 2 aliphatic carbocycles. The van der Waals surface area contributed by atoms with Crippen molar-refractivity contribution < 1.29 is 18.3 Å². The zero-order valence-electron chi connectivity index (χ0n) is 13.4. The first-order valence-electron chi connectivity index (χ1n) is 8.42. The average Bonchev–Trinajstić information content (AvgIpc) is 2.52. The third-order valence-corrected chi connectivity index (χ3v) is 5.74. The maximum Gasteiger partial charge on any atom is 0.314 e. The molecule has 0 amide bonds. The molecule has 1 aromatic carbocycles. The zero-order valence-corrected chi connectivity index (χ0v) is 14.6. The van der Waals surface area contributed by atoms with E-state index in [0.717, 1.165) is 37.7 Å². The van der Waals surface area contributed by atoms with E-state index in [1.54, 1.807) is 0 Å². The van der Waals surface area contributed by atoms with Crippen molar-refractivity contribution in [2.75, 3.05) is 0 Å². The summed E-state index contributed by atoms with van der Waals surface area (Å²) in [6.07, 6.45) is 5.66. The SMILES string of the molecule is CC1CCC(C(=O)Oc2c(F)c(F)cc3c2CCC(P)C3)CC1. The quantitative estimate of drug-likeness (QED) is 0.452. The highest BCUT2D eigenvalue weighted by molar-refractivity contribution is 7.17. The highest BCUT2D eigenvalue weighted by Crippen LogP contribution is 2.37. The highest BCUT2D eigenvalue weighted by Gasteiger charge is 2.30. The van der Waals surface area contributed by atoms with Crippen LogP contribution in [0.5, 0.6) is 5.75 Å². The van der Waals surface area contributed by atoms with Gasteiger partial charge in [0.05, 0.1) is 5.92 Å². The Morgan fingerprint density at radius 3 is 2.61 bits per heavy atom. The molecule has 0 aromatic heterocycles. The van der Waals surface area contributed by atoms with E-state index in [9.17, 15) is 13.6 Å². The van der Waals surface area contributed by atoms with Gasteiger partial charge in [-0.3, -0.25) is 4.79 Å². The van der Waals surface area contributed by atoms with Gasteiger partial charge in [0.2, 0.25) is 5.82 Å². The first-order chi connectivity index (χ1) is 11.0. The lowest BCUT2D eigenvalue weighted by Crippen LogP contribution is -2.26. The monoisotopic (exact) mass is 340 g/mol. The van der Waals surface area contributed by atoms with E-state index in [2.05, 4.69) is 16.2 Å². The van der Waals surface area contributed by atoms with Crippen LogP contribution in [0, 0.1) is 23.5 Å².